The third kappa shape index (κ3) is 2.34. The smallest absolute Gasteiger partial charge is 0.0622 e. The van der Waals surface area contributed by atoms with Crippen molar-refractivity contribution < 1.29 is 0 Å². The van der Waals surface area contributed by atoms with Gasteiger partial charge in [0.05, 0.1) is 27.1 Å². The first-order valence-corrected chi connectivity index (χ1v) is 33.9. The summed E-state index contributed by atoms with van der Waals surface area (Å²) in [4.78, 5) is 0. The van der Waals surface area contributed by atoms with Crippen LogP contribution in [0.4, 0.5) is 0 Å². The van der Waals surface area contributed by atoms with Gasteiger partial charge in [0.25, 0.3) is 0 Å². The van der Waals surface area contributed by atoms with Gasteiger partial charge in [0.15, 0.2) is 0 Å². The molecule has 0 saturated carbocycles. The Morgan fingerprint density at radius 1 is 0.198 bits per heavy atom. The lowest BCUT2D eigenvalue weighted by molar-refractivity contribution is 0.367. The number of hydrogen-bond acceptors (Lipinski definition) is 0. The van der Waals surface area contributed by atoms with Gasteiger partial charge in [-0.15, -0.1) is 0 Å². The topological polar surface area (TPSA) is 0 Å². The molecule has 0 amide bonds. The van der Waals surface area contributed by atoms with E-state index in [0.717, 1.165) is 6.42 Å². The first-order chi connectivity index (χ1) is 45.3. The minimum atomic E-state index is -0.611. The standard InChI is InChI=1S/C91H28/c1-6-16-27(17-7-1)26-87-72-62-52-42-37-32-33-35-36-34(32)39-46-44(37)54(52)64-66-56(46)58-48(39)50-41(36)51-49-40(35)47-45-38(33)43(42)53-55(45)65-67-57(47)59(49)69-71-61(51)60(50)70-68(58)78-76(66)88(74(64)72,28-18-8-2-9-19-28)83-82(87)84-86-85(83)90(78,30-22-12-4-13-23-30)80(70)81(71)91(86,31-24-14-5-15-25-31)79(69)77(67)89(84,29-20-10-3-11-21-29)75(65)73(87)63(53)62/h1-25,85H,26H2/t85-,87-,88+,89-,90+,91-/m1/s1. The van der Waals surface area contributed by atoms with Gasteiger partial charge >= 0.3 is 0 Å². The van der Waals surface area contributed by atoms with E-state index in [9.17, 15) is 0 Å². The van der Waals surface area contributed by atoms with E-state index in [4.69, 9.17) is 0 Å². The molecule has 11 aliphatic carbocycles. The summed E-state index contributed by atoms with van der Waals surface area (Å²) >= 11 is 0. The average molecular weight is 1120 g/mol. The van der Waals surface area contributed by atoms with Gasteiger partial charge < -0.3 is 0 Å². The molecule has 0 unspecified atom stereocenters. The molecular formula is C91H28. The highest BCUT2D eigenvalue weighted by Crippen LogP contribution is 2.93. The van der Waals surface area contributed by atoms with E-state index < -0.39 is 27.1 Å². The van der Waals surface area contributed by atoms with E-state index in [1.807, 2.05) is 0 Å². The van der Waals surface area contributed by atoms with Crippen LogP contribution in [-0.2, 0) is 33.5 Å². The van der Waals surface area contributed by atoms with Crippen LogP contribution >= 0.6 is 0 Å². The molecule has 0 nitrogen and oxygen atoms in total. The zero-order chi connectivity index (χ0) is 55.5. The van der Waals surface area contributed by atoms with Crippen LogP contribution in [0.25, 0.3) is 215 Å². The Kier molecular flexibility index (Phi) is 3.95. The van der Waals surface area contributed by atoms with Gasteiger partial charge in [-0.2, -0.15) is 0 Å². The van der Waals surface area contributed by atoms with Gasteiger partial charge in [0, 0.05) is 5.92 Å². The van der Waals surface area contributed by atoms with Gasteiger partial charge in [-0.25, -0.2) is 0 Å². The summed E-state index contributed by atoms with van der Waals surface area (Å²) in [6.07, 6.45) is 0.930. The molecule has 0 N–H and O–H groups in total. The first-order valence-electron chi connectivity index (χ1n) is 33.9. The Bertz CT molecular complexity index is 8450. The quantitative estimate of drug-likeness (QED) is 0.146. The highest BCUT2D eigenvalue weighted by Gasteiger charge is 2.82. The second-order valence-electron chi connectivity index (χ2n) is 31.9. The maximum absolute atomic E-state index is 2.67. The van der Waals surface area contributed by atoms with Crippen molar-refractivity contribution in [2.24, 2.45) is 5.92 Å². The number of benzene rings is 20. The third-order valence-corrected chi connectivity index (χ3v) is 31.0. The molecule has 0 radical (unpaired) electrons. The fourth-order valence-corrected chi connectivity index (χ4v) is 30.6. The molecule has 0 aromatic heterocycles. The molecule has 0 aliphatic heterocycles. The molecule has 0 heteroatoms. The van der Waals surface area contributed by atoms with Crippen LogP contribution in [0.3, 0.4) is 0 Å². The highest BCUT2D eigenvalue weighted by molar-refractivity contribution is 6.77. The summed E-state index contributed by atoms with van der Waals surface area (Å²) in [6, 6.07) is 62.5. The number of hydrogen-bond donors (Lipinski definition) is 0. The highest BCUT2D eigenvalue weighted by atomic mass is 14.8. The van der Waals surface area contributed by atoms with E-state index in [1.165, 1.54) is 27.8 Å². The van der Waals surface area contributed by atoms with Crippen LogP contribution in [-0.4, -0.2) is 0 Å². The number of allylic oxidation sites excluding steroid dienone is 4. The minimum Gasteiger partial charge on any atom is -0.0622 e. The van der Waals surface area contributed by atoms with Crippen molar-refractivity contribution in [3.63, 3.8) is 0 Å². The molecule has 26 aromatic carbocycles. The third-order valence-electron chi connectivity index (χ3n) is 31.0. The van der Waals surface area contributed by atoms with E-state index >= 15 is 0 Å². The number of rotatable bonds is 6. The Balaban J connectivity index is 1.05. The SMILES string of the molecule is c1ccc(C[C@]23C4=C5[C@@H]6C7=C4[C@]4(c8ccccc8)c8c2c2c9c3c3c%10c%11c(c%12c%13c%14c(c%15c%16c%17c(c4c4c8c8c2c2c%18c9c%10c9c%10c%11c%13c%11c%13c%14c%16c%14c%16c%17c4c4c8c2c2c(c%189)c(c%10%11)c(c%14%13)c2c4%16)[C@@]7%15c2ccccc2)[C@]%126c2ccccc2)[C@@]53c2ccccc2)cc1. The van der Waals surface area contributed by atoms with Gasteiger partial charge in [-0.3, -0.25) is 0 Å². The maximum atomic E-state index is 2.67. The molecule has 0 spiro atoms. The summed E-state index contributed by atoms with van der Waals surface area (Å²) < 4.78 is 0. The second kappa shape index (κ2) is 9.52. The normalized spacial score (nSPS) is 26.5. The van der Waals surface area contributed by atoms with Crippen molar-refractivity contribution in [2.75, 3.05) is 0 Å². The van der Waals surface area contributed by atoms with Crippen LogP contribution in [0.5, 0.6) is 0 Å². The monoisotopic (exact) mass is 1120 g/mol. The lowest BCUT2D eigenvalue weighted by Crippen LogP contribution is -2.57. The van der Waals surface area contributed by atoms with Crippen LogP contribution in [0.15, 0.2) is 174 Å². The van der Waals surface area contributed by atoms with Crippen molar-refractivity contribution in [3.05, 3.63) is 257 Å². The van der Waals surface area contributed by atoms with Gasteiger partial charge in [-0.05, 0) is 328 Å². The summed E-state index contributed by atoms with van der Waals surface area (Å²) in [5.74, 6) is -0.0101. The van der Waals surface area contributed by atoms with Gasteiger partial charge in [-0.1, -0.05) is 152 Å². The largest absolute Gasteiger partial charge is 0.0724 e. The zero-order valence-electron chi connectivity index (χ0n) is 47.7. The molecule has 0 bridgehead atoms. The van der Waals surface area contributed by atoms with E-state index in [1.54, 1.807) is 293 Å². The van der Waals surface area contributed by atoms with Crippen molar-refractivity contribution in [1.82, 2.24) is 0 Å². The van der Waals surface area contributed by atoms with E-state index in [0.29, 0.717) is 0 Å². The predicted molar refractivity (Wildman–Crippen MR) is 372 cm³/mol. The predicted octanol–water partition coefficient (Wildman–Crippen LogP) is 21.3. The van der Waals surface area contributed by atoms with Crippen molar-refractivity contribution in [3.8, 4) is 0 Å². The molecular weight excluding hydrogens is 1090 g/mol. The van der Waals surface area contributed by atoms with Crippen molar-refractivity contribution in [2.45, 2.75) is 33.5 Å². The van der Waals surface area contributed by atoms with Crippen molar-refractivity contribution in [1.29, 1.82) is 0 Å². The fraction of sp³-hybridized carbons (Fsp3) is 0.0769. The minimum absolute atomic E-state index is 0.0101. The zero-order valence-corrected chi connectivity index (χ0v) is 47.7. The summed E-state index contributed by atoms with van der Waals surface area (Å²) in [6.45, 7) is 0. The van der Waals surface area contributed by atoms with E-state index in [2.05, 4.69) is 152 Å². The molecule has 0 fully saturated rings. The molecule has 11 aliphatic rings. The fourth-order valence-electron chi connectivity index (χ4n) is 30.6. The maximum Gasteiger partial charge on any atom is 0.0724 e. The Labute approximate surface area is 509 Å². The molecule has 26 aromatic rings. The first kappa shape index (κ1) is 37.8. The molecule has 0 heterocycles. The Morgan fingerprint density at radius 3 is 0.780 bits per heavy atom. The summed E-state index contributed by atoms with van der Waals surface area (Å²) in [7, 11) is 0. The van der Waals surface area contributed by atoms with Gasteiger partial charge in [0.2, 0.25) is 0 Å². The van der Waals surface area contributed by atoms with Crippen molar-refractivity contribution >= 4 is 215 Å². The van der Waals surface area contributed by atoms with Gasteiger partial charge in [0.1, 0.15) is 0 Å². The Hall–Kier alpha value is -10.9. The summed E-state index contributed by atoms with van der Waals surface area (Å²) in [5, 5.41) is 65.5. The Morgan fingerprint density at radius 2 is 0.429 bits per heavy atom. The summed E-state index contributed by atoms with van der Waals surface area (Å²) in [5.41, 5.74) is 28.5. The van der Waals surface area contributed by atoms with Crippen LogP contribution in [0.2, 0.25) is 0 Å². The van der Waals surface area contributed by atoms with Crippen LogP contribution < -0.4 is 0 Å². The molecule has 392 valence electrons. The van der Waals surface area contributed by atoms with Crippen LogP contribution in [0, 0.1) is 5.92 Å². The molecule has 6 atom stereocenters. The average Bonchev–Trinajstić information content (AvgIpc) is 1.37. The lowest BCUT2D eigenvalue weighted by Gasteiger charge is -2.60. The molecule has 91 heavy (non-hydrogen) atoms. The second-order valence-corrected chi connectivity index (χ2v) is 31.9. The van der Waals surface area contributed by atoms with E-state index in [-0.39, 0.29) is 5.92 Å². The lowest BCUT2D eigenvalue weighted by atomic mass is 9.40. The molecule has 37 rings (SSSR count). The molecule has 0 saturated heterocycles. The van der Waals surface area contributed by atoms with Crippen LogP contribution in [0.1, 0.15) is 83.5 Å².